The molecule has 2 aromatic carbocycles. The van der Waals surface area contributed by atoms with Gasteiger partial charge in [-0.3, -0.25) is 0 Å². The fraction of sp³-hybridized carbons (Fsp3) is 0.136. The van der Waals surface area contributed by atoms with Gasteiger partial charge in [-0.25, -0.2) is 15.0 Å². The third kappa shape index (κ3) is 4.33. The molecule has 0 fully saturated rings. The molecule has 2 heterocycles. The summed E-state index contributed by atoms with van der Waals surface area (Å²) in [4.78, 5) is 12.2. The maximum Gasteiger partial charge on any atom is 0.434 e. The van der Waals surface area contributed by atoms with Crippen molar-refractivity contribution in [3.8, 4) is 16.3 Å². The fourth-order valence-corrected chi connectivity index (χ4v) is 3.77. The molecular formula is C22H16F3N3OS. The van der Waals surface area contributed by atoms with E-state index in [-0.39, 0.29) is 15.7 Å². The second kappa shape index (κ2) is 8.23. The van der Waals surface area contributed by atoms with Gasteiger partial charge in [0.05, 0.1) is 22.7 Å². The second-order valence-electron chi connectivity index (χ2n) is 6.32. The first-order chi connectivity index (χ1) is 14.4. The lowest BCUT2D eigenvalue weighted by atomic mass is 10.2. The van der Waals surface area contributed by atoms with Crippen LogP contribution >= 0.6 is 11.3 Å². The van der Waals surface area contributed by atoms with Crippen molar-refractivity contribution in [2.45, 2.75) is 13.1 Å². The number of halogens is 3. The van der Waals surface area contributed by atoms with Crippen LogP contribution in [0.25, 0.3) is 21.5 Å². The zero-order chi connectivity index (χ0) is 21.1. The third-order valence-electron chi connectivity index (χ3n) is 4.23. The van der Waals surface area contributed by atoms with E-state index in [0.717, 1.165) is 22.3 Å². The summed E-state index contributed by atoms with van der Waals surface area (Å²) < 4.78 is 46.1. The van der Waals surface area contributed by atoms with Gasteiger partial charge >= 0.3 is 6.18 Å². The van der Waals surface area contributed by atoms with E-state index >= 15 is 0 Å². The maximum absolute atomic E-state index is 13.6. The highest BCUT2D eigenvalue weighted by Gasteiger charge is 2.38. The molecule has 0 atom stereocenters. The number of ether oxygens (including phenoxy) is 1. The Morgan fingerprint density at radius 2 is 1.77 bits per heavy atom. The van der Waals surface area contributed by atoms with Crippen LogP contribution in [0.15, 0.2) is 65.7 Å². The Labute approximate surface area is 174 Å². The van der Waals surface area contributed by atoms with Crippen LogP contribution in [0.2, 0.25) is 0 Å². The summed E-state index contributed by atoms with van der Waals surface area (Å²) in [6.45, 7) is 2.44. The van der Waals surface area contributed by atoms with Crippen molar-refractivity contribution in [2.24, 2.45) is 4.99 Å². The zero-order valence-electron chi connectivity index (χ0n) is 15.8. The van der Waals surface area contributed by atoms with Crippen molar-refractivity contribution >= 4 is 33.6 Å². The van der Waals surface area contributed by atoms with Gasteiger partial charge < -0.3 is 4.74 Å². The van der Waals surface area contributed by atoms with Crippen LogP contribution in [0.3, 0.4) is 0 Å². The lowest BCUT2D eigenvalue weighted by Crippen LogP contribution is -2.07. The predicted octanol–water partition coefficient (Wildman–Crippen LogP) is 6.53. The summed E-state index contributed by atoms with van der Waals surface area (Å²) in [7, 11) is 0. The molecule has 152 valence electrons. The molecule has 2 aromatic heterocycles. The average molecular weight is 427 g/mol. The van der Waals surface area contributed by atoms with Crippen molar-refractivity contribution in [1.82, 2.24) is 9.97 Å². The van der Waals surface area contributed by atoms with Crippen molar-refractivity contribution in [3.63, 3.8) is 0 Å². The summed E-state index contributed by atoms with van der Waals surface area (Å²) >= 11 is 0.862. The highest BCUT2D eigenvalue weighted by Crippen LogP contribution is 2.42. The van der Waals surface area contributed by atoms with Gasteiger partial charge in [-0.15, -0.1) is 0 Å². The van der Waals surface area contributed by atoms with Gasteiger partial charge in [0.2, 0.25) is 5.13 Å². The number of benzene rings is 2. The molecule has 0 N–H and O–H groups in total. The van der Waals surface area contributed by atoms with E-state index in [1.807, 2.05) is 19.1 Å². The number of pyridine rings is 1. The molecule has 4 aromatic rings. The highest BCUT2D eigenvalue weighted by atomic mass is 32.1. The first-order valence-corrected chi connectivity index (χ1v) is 9.97. The molecule has 0 aliphatic carbocycles. The highest BCUT2D eigenvalue weighted by molar-refractivity contribution is 7.18. The molecule has 0 spiro atoms. The summed E-state index contributed by atoms with van der Waals surface area (Å²) in [6, 6.07) is 17.7. The van der Waals surface area contributed by atoms with Crippen molar-refractivity contribution in [2.75, 3.05) is 6.61 Å². The van der Waals surface area contributed by atoms with E-state index in [1.165, 1.54) is 6.21 Å². The van der Waals surface area contributed by atoms with E-state index in [4.69, 9.17) is 4.74 Å². The number of nitrogens with zero attached hydrogens (tertiary/aromatic N) is 3. The Morgan fingerprint density at radius 3 is 2.50 bits per heavy atom. The SMILES string of the molecule is CCOc1ccc(/C=N/c2nc(C(F)(F)F)c(-c3ccc4ccccc4n3)s2)cc1. The summed E-state index contributed by atoms with van der Waals surface area (Å²) in [6.07, 6.45) is -3.13. The van der Waals surface area contributed by atoms with Crippen molar-refractivity contribution in [3.05, 3.63) is 71.9 Å². The molecule has 30 heavy (non-hydrogen) atoms. The molecule has 0 amide bonds. The number of rotatable bonds is 5. The Kier molecular flexibility index (Phi) is 5.50. The number of thiazole rings is 1. The average Bonchev–Trinajstić information content (AvgIpc) is 3.18. The quantitative estimate of drug-likeness (QED) is 0.340. The van der Waals surface area contributed by atoms with Gasteiger partial charge in [0, 0.05) is 11.6 Å². The standard InChI is InChI=1S/C22H16F3N3OS/c1-2-29-16-10-7-14(8-11-16)13-26-21-28-20(22(23,24)25)19(30-21)18-12-9-15-5-3-4-6-17(15)27-18/h3-13H,2H2,1H3/b26-13+. The normalized spacial score (nSPS) is 12.0. The smallest absolute Gasteiger partial charge is 0.434 e. The van der Waals surface area contributed by atoms with Crippen LogP contribution in [0, 0.1) is 0 Å². The maximum atomic E-state index is 13.6. The summed E-state index contributed by atoms with van der Waals surface area (Å²) in [5.74, 6) is 0.716. The first kappa shape index (κ1) is 20.0. The molecule has 0 saturated carbocycles. The predicted molar refractivity (Wildman–Crippen MR) is 113 cm³/mol. The van der Waals surface area contributed by atoms with Crippen LogP contribution in [-0.4, -0.2) is 22.8 Å². The largest absolute Gasteiger partial charge is 0.494 e. The Morgan fingerprint density at radius 1 is 1.00 bits per heavy atom. The second-order valence-corrected chi connectivity index (χ2v) is 7.30. The Hall–Kier alpha value is -3.26. The molecule has 0 aliphatic rings. The minimum atomic E-state index is -4.61. The number of hydrogen-bond acceptors (Lipinski definition) is 5. The molecule has 0 bridgehead atoms. The number of hydrogen-bond donors (Lipinski definition) is 0. The first-order valence-electron chi connectivity index (χ1n) is 9.15. The van der Waals surface area contributed by atoms with Gasteiger partial charge in [0.25, 0.3) is 0 Å². The molecule has 0 saturated heterocycles. The van der Waals surface area contributed by atoms with E-state index in [9.17, 15) is 13.2 Å². The zero-order valence-corrected chi connectivity index (χ0v) is 16.7. The third-order valence-corrected chi connectivity index (χ3v) is 5.22. The van der Waals surface area contributed by atoms with Gasteiger partial charge in [-0.1, -0.05) is 35.6 Å². The Bertz CT molecular complexity index is 1200. The number of aromatic nitrogens is 2. The van der Waals surface area contributed by atoms with E-state index in [0.29, 0.717) is 17.9 Å². The van der Waals surface area contributed by atoms with Crippen LogP contribution in [0.5, 0.6) is 5.75 Å². The molecule has 8 heteroatoms. The topological polar surface area (TPSA) is 47.4 Å². The number of alkyl halides is 3. The molecule has 0 radical (unpaired) electrons. The molecule has 0 aliphatic heterocycles. The fourth-order valence-electron chi connectivity index (χ4n) is 2.87. The summed E-state index contributed by atoms with van der Waals surface area (Å²) in [5.41, 5.74) is 0.596. The van der Waals surface area contributed by atoms with Crippen LogP contribution in [0.1, 0.15) is 18.2 Å². The number of aliphatic imine (C=N–C) groups is 1. The van der Waals surface area contributed by atoms with Gasteiger partial charge in [0.15, 0.2) is 5.69 Å². The van der Waals surface area contributed by atoms with E-state index in [2.05, 4.69) is 15.0 Å². The lowest BCUT2D eigenvalue weighted by molar-refractivity contribution is -0.140. The minimum Gasteiger partial charge on any atom is -0.494 e. The van der Waals surface area contributed by atoms with E-state index < -0.39 is 11.9 Å². The van der Waals surface area contributed by atoms with Crippen LogP contribution in [-0.2, 0) is 6.18 Å². The minimum absolute atomic E-state index is 0.0150. The number of para-hydroxylation sites is 1. The van der Waals surface area contributed by atoms with Crippen molar-refractivity contribution < 1.29 is 17.9 Å². The molecule has 0 unspecified atom stereocenters. The Balaban J connectivity index is 1.69. The monoisotopic (exact) mass is 427 g/mol. The molecule has 4 rings (SSSR count). The van der Waals surface area contributed by atoms with E-state index in [1.54, 1.807) is 48.5 Å². The van der Waals surface area contributed by atoms with Crippen molar-refractivity contribution in [1.29, 1.82) is 0 Å². The number of fused-ring (bicyclic) bond motifs is 1. The van der Waals surface area contributed by atoms with Crippen LogP contribution < -0.4 is 4.74 Å². The van der Waals surface area contributed by atoms with Gasteiger partial charge in [0.1, 0.15) is 5.75 Å². The van der Waals surface area contributed by atoms with Gasteiger partial charge in [-0.2, -0.15) is 13.2 Å². The molecular weight excluding hydrogens is 411 g/mol. The van der Waals surface area contributed by atoms with Gasteiger partial charge in [-0.05, 0) is 48.9 Å². The van der Waals surface area contributed by atoms with Crippen LogP contribution in [0.4, 0.5) is 18.3 Å². The summed E-state index contributed by atoms with van der Waals surface area (Å²) in [5, 5.41) is 0.870. The molecule has 4 nitrogen and oxygen atoms in total. The lowest BCUT2D eigenvalue weighted by Gasteiger charge is -2.06.